The Kier molecular flexibility index (Phi) is 3.55. The van der Waals surface area contributed by atoms with E-state index in [0.717, 1.165) is 11.3 Å². The maximum atomic E-state index is 11.9. The van der Waals surface area contributed by atoms with Gasteiger partial charge in [0.2, 0.25) is 5.91 Å². The van der Waals surface area contributed by atoms with E-state index in [1.165, 1.54) is 0 Å². The summed E-state index contributed by atoms with van der Waals surface area (Å²) in [7, 11) is 0. The Bertz CT molecular complexity index is 465. The van der Waals surface area contributed by atoms with Crippen molar-refractivity contribution >= 4 is 5.91 Å². The van der Waals surface area contributed by atoms with Gasteiger partial charge in [0.25, 0.3) is 0 Å². The summed E-state index contributed by atoms with van der Waals surface area (Å²) < 4.78 is 0. The van der Waals surface area contributed by atoms with E-state index in [2.05, 4.69) is 15.5 Å². The maximum absolute atomic E-state index is 11.9. The Hall–Kier alpha value is -2.10. The molecule has 0 aliphatic heterocycles. The number of aromatic nitrogens is 2. The molecule has 88 valence electrons. The van der Waals surface area contributed by atoms with E-state index in [4.69, 9.17) is 0 Å². The Labute approximate surface area is 100 Å². The molecular weight excluding hydrogens is 214 g/mol. The third kappa shape index (κ3) is 2.93. The highest BCUT2D eigenvalue weighted by molar-refractivity contribution is 5.83. The van der Waals surface area contributed by atoms with Crippen LogP contribution in [0.5, 0.6) is 0 Å². The fraction of sp³-hybridized carbons (Fsp3) is 0.231. The van der Waals surface area contributed by atoms with E-state index < -0.39 is 0 Å². The summed E-state index contributed by atoms with van der Waals surface area (Å²) in [6.45, 7) is 2.38. The van der Waals surface area contributed by atoms with Gasteiger partial charge in [-0.2, -0.15) is 5.10 Å². The molecule has 1 unspecified atom stereocenters. The predicted molar refractivity (Wildman–Crippen MR) is 65.3 cm³/mol. The van der Waals surface area contributed by atoms with Gasteiger partial charge >= 0.3 is 0 Å². The quantitative estimate of drug-likeness (QED) is 0.840. The molecule has 0 saturated carbocycles. The molecule has 1 amide bonds. The van der Waals surface area contributed by atoms with Gasteiger partial charge in [-0.15, -0.1) is 0 Å². The molecule has 4 nitrogen and oxygen atoms in total. The van der Waals surface area contributed by atoms with Crippen LogP contribution in [0.15, 0.2) is 42.6 Å². The minimum absolute atomic E-state index is 0.0193. The van der Waals surface area contributed by atoms with Gasteiger partial charge in [0, 0.05) is 6.20 Å². The summed E-state index contributed by atoms with van der Waals surface area (Å²) in [5.41, 5.74) is 1.92. The number of rotatable bonds is 4. The molecule has 0 aliphatic carbocycles. The van der Waals surface area contributed by atoms with Crippen molar-refractivity contribution in [3.05, 3.63) is 53.9 Å². The van der Waals surface area contributed by atoms with Crippen LogP contribution >= 0.6 is 0 Å². The maximum Gasteiger partial charge on any atom is 0.227 e. The van der Waals surface area contributed by atoms with Crippen molar-refractivity contribution in [2.24, 2.45) is 0 Å². The van der Waals surface area contributed by atoms with Gasteiger partial charge in [0.15, 0.2) is 0 Å². The third-order valence-electron chi connectivity index (χ3n) is 2.70. The second-order valence-electron chi connectivity index (χ2n) is 3.93. The average molecular weight is 229 g/mol. The molecule has 4 heteroatoms. The molecule has 2 rings (SSSR count). The molecule has 0 aliphatic rings. The summed E-state index contributed by atoms with van der Waals surface area (Å²) in [5.74, 6) is -0.120. The lowest BCUT2D eigenvalue weighted by Gasteiger charge is -2.11. The van der Waals surface area contributed by atoms with Crippen molar-refractivity contribution in [3.63, 3.8) is 0 Å². The number of H-pyrrole nitrogens is 1. The van der Waals surface area contributed by atoms with Crippen LogP contribution in [-0.2, 0) is 11.3 Å². The molecule has 1 aromatic heterocycles. The normalized spacial score (nSPS) is 12.1. The van der Waals surface area contributed by atoms with Gasteiger partial charge in [-0.05, 0) is 18.6 Å². The number of hydrogen-bond donors (Lipinski definition) is 2. The van der Waals surface area contributed by atoms with E-state index in [9.17, 15) is 4.79 Å². The Morgan fingerprint density at radius 3 is 2.76 bits per heavy atom. The van der Waals surface area contributed by atoms with Crippen LogP contribution in [0.4, 0.5) is 0 Å². The van der Waals surface area contributed by atoms with Crippen LogP contribution < -0.4 is 5.32 Å². The lowest BCUT2D eigenvalue weighted by atomic mass is 10.0. The fourth-order valence-corrected chi connectivity index (χ4v) is 1.61. The number of nitrogens with zero attached hydrogens (tertiary/aromatic N) is 1. The van der Waals surface area contributed by atoms with Crippen LogP contribution in [0, 0.1) is 0 Å². The lowest BCUT2D eigenvalue weighted by Crippen LogP contribution is -2.27. The van der Waals surface area contributed by atoms with Crippen LogP contribution in [-0.4, -0.2) is 16.1 Å². The van der Waals surface area contributed by atoms with Crippen LogP contribution in [0.1, 0.15) is 24.1 Å². The largest absolute Gasteiger partial charge is 0.350 e. The molecule has 0 bridgehead atoms. The molecule has 0 radical (unpaired) electrons. The lowest BCUT2D eigenvalue weighted by molar-refractivity contribution is -0.122. The van der Waals surface area contributed by atoms with E-state index in [1.54, 1.807) is 6.20 Å². The summed E-state index contributed by atoms with van der Waals surface area (Å²) in [4.78, 5) is 11.9. The third-order valence-corrected chi connectivity index (χ3v) is 2.70. The highest BCUT2D eigenvalue weighted by Crippen LogP contribution is 2.14. The van der Waals surface area contributed by atoms with Crippen molar-refractivity contribution < 1.29 is 4.79 Å². The first-order valence-corrected chi connectivity index (χ1v) is 5.58. The molecule has 0 saturated heterocycles. The van der Waals surface area contributed by atoms with Crippen LogP contribution in [0.2, 0.25) is 0 Å². The Morgan fingerprint density at radius 2 is 2.12 bits per heavy atom. The SMILES string of the molecule is CC(C(=O)NCc1ccn[nH]1)c1ccccc1. The standard InChI is InChI=1S/C13H15N3O/c1-10(11-5-3-2-4-6-11)13(17)14-9-12-7-8-15-16-12/h2-8,10H,9H2,1H3,(H,14,17)(H,15,16). The molecule has 1 atom stereocenters. The number of aromatic amines is 1. The van der Waals surface area contributed by atoms with Gasteiger partial charge in [-0.25, -0.2) is 0 Å². The zero-order valence-electron chi connectivity index (χ0n) is 9.68. The molecule has 0 fully saturated rings. The second-order valence-corrected chi connectivity index (χ2v) is 3.93. The monoisotopic (exact) mass is 229 g/mol. The summed E-state index contributed by atoms with van der Waals surface area (Å²) >= 11 is 0. The molecule has 17 heavy (non-hydrogen) atoms. The number of carbonyl (C=O) groups excluding carboxylic acids is 1. The average Bonchev–Trinajstić information content (AvgIpc) is 2.89. The van der Waals surface area contributed by atoms with Crippen molar-refractivity contribution in [2.75, 3.05) is 0 Å². The first kappa shape index (κ1) is 11.4. The van der Waals surface area contributed by atoms with Crippen molar-refractivity contribution in [1.82, 2.24) is 15.5 Å². The van der Waals surface area contributed by atoms with Gasteiger partial charge in [-0.1, -0.05) is 30.3 Å². The minimum Gasteiger partial charge on any atom is -0.350 e. The molecule has 0 spiro atoms. The smallest absolute Gasteiger partial charge is 0.227 e. The zero-order valence-corrected chi connectivity index (χ0v) is 9.68. The molecule has 2 aromatic rings. The fourth-order valence-electron chi connectivity index (χ4n) is 1.61. The van der Waals surface area contributed by atoms with E-state index in [1.807, 2.05) is 43.3 Å². The highest BCUT2D eigenvalue weighted by atomic mass is 16.1. The summed E-state index contributed by atoms with van der Waals surface area (Å²) in [5, 5.41) is 9.51. The van der Waals surface area contributed by atoms with E-state index in [0.29, 0.717) is 6.54 Å². The molecule has 2 N–H and O–H groups in total. The van der Waals surface area contributed by atoms with E-state index >= 15 is 0 Å². The number of nitrogens with one attached hydrogen (secondary N) is 2. The first-order chi connectivity index (χ1) is 8.27. The number of hydrogen-bond acceptors (Lipinski definition) is 2. The second kappa shape index (κ2) is 5.30. The summed E-state index contributed by atoms with van der Waals surface area (Å²) in [6, 6.07) is 11.6. The number of amides is 1. The highest BCUT2D eigenvalue weighted by Gasteiger charge is 2.14. The minimum atomic E-state index is -0.140. The van der Waals surface area contributed by atoms with Crippen LogP contribution in [0.3, 0.4) is 0 Å². The molecular formula is C13H15N3O. The van der Waals surface area contributed by atoms with Crippen molar-refractivity contribution in [1.29, 1.82) is 0 Å². The zero-order chi connectivity index (χ0) is 12.1. The topological polar surface area (TPSA) is 57.8 Å². The van der Waals surface area contributed by atoms with Crippen molar-refractivity contribution in [3.8, 4) is 0 Å². The van der Waals surface area contributed by atoms with Gasteiger partial charge in [0.05, 0.1) is 18.2 Å². The van der Waals surface area contributed by atoms with Gasteiger partial charge in [-0.3, -0.25) is 9.89 Å². The van der Waals surface area contributed by atoms with Crippen LogP contribution in [0.25, 0.3) is 0 Å². The first-order valence-electron chi connectivity index (χ1n) is 5.58. The molecule has 1 aromatic carbocycles. The number of benzene rings is 1. The predicted octanol–water partition coefficient (Wildman–Crippen LogP) is 1.83. The summed E-state index contributed by atoms with van der Waals surface area (Å²) in [6.07, 6.45) is 1.67. The molecule has 1 heterocycles. The van der Waals surface area contributed by atoms with Gasteiger partial charge in [0.1, 0.15) is 0 Å². The Balaban J connectivity index is 1.92. The Morgan fingerprint density at radius 1 is 1.35 bits per heavy atom. The van der Waals surface area contributed by atoms with Gasteiger partial charge < -0.3 is 5.32 Å². The van der Waals surface area contributed by atoms with Crippen molar-refractivity contribution in [2.45, 2.75) is 19.4 Å². The van der Waals surface area contributed by atoms with E-state index in [-0.39, 0.29) is 11.8 Å². The number of carbonyl (C=O) groups is 1.